The van der Waals surface area contributed by atoms with Crippen molar-refractivity contribution in [1.29, 1.82) is 0 Å². The molecule has 108 valence electrons. The Bertz CT molecular complexity index is 398. The van der Waals surface area contributed by atoms with Crippen molar-refractivity contribution in [2.75, 3.05) is 13.1 Å². The topological polar surface area (TPSA) is 61.4 Å². The maximum absolute atomic E-state index is 11.5. The van der Waals surface area contributed by atoms with E-state index in [1.165, 1.54) is 4.88 Å². The lowest BCUT2D eigenvalue weighted by Gasteiger charge is -2.17. The minimum atomic E-state index is -0.482. The standard InChI is InChI=1S/C13H21BrN2O2S/c1-3-9(2)11(17)8-16-13(18)15-7-6-10-4-5-12(14)19-10/h4-5,9,11,17H,3,6-8H2,1-2H3,(H2,15,16,18). The Morgan fingerprint density at radius 2 is 2.21 bits per heavy atom. The van der Waals surface area contributed by atoms with Gasteiger partial charge < -0.3 is 15.7 Å². The number of aliphatic hydroxyl groups is 1. The first-order valence-corrected chi connectivity index (χ1v) is 8.07. The van der Waals surface area contributed by atoms with Gasteiger partial charge in [0.2, 0.25) is 0 Å². The van der Waals surface area contributed by atoms with E-state index < -0.39 is 6.10 Å². The first kappa shape index (κ1) is 16.5. The molecule has 1 heterocycles. The van der Waals surface area contributed by atoms with Crippen molar-refractivity contribution in [3.8, 4) is 0 Å². The highest BCUT2D eigenvalue weighted by atomic mass is 79.9. The monoisotopic (exact) mass is 348 g/mol. The average molecular weight is 349 g/mol. The molecular formula is C13H21BrN2O2S. The lowest BCUT2D eigenvalue weighted by atomic mass is 10.0. The number of carbonyl (C=O) groups is 1. The number of amides is 2. The molecule has 4 nitrogen and oxygen atoms in total. The molecule has 6 heteroatoms. The van der Waals surface area contributed by atoms with Crippen molar-refractivity contribution in [1.82, 2.24) is 10.6 Å². The van der Waals surface area contributed by atoms with Crippen LogP contribution in [0.3, 0.4) is 0 Å². The Labute approximate surface area is 126 Å². The zero-order valence-electron chi connectivity index (χ0n) is 11.3. The Kier molecular flexibility index (Phi) is 7.41. The minimum Gasteiger partial charge on any atom is -0.391 e. The normalized spacial score (nSPS) is 13.9. The molecule has 0 saturated carbocycles. The molecule has 0 fully saturated rings. The van der Waals surface area contributed by atoms with E-state index in [0.29, 0.717) is 13.1 Å². The fourth-order valence-electron chi connectivity index (χ4n) is 1.52. The van der Waals surface area contributed by atoms with Gasteiger partial charge in [0.25, 0.3) is 0 Å². The molecule has 2 atom stereocenters. The van der Waals surface area contributed by atoms with Crippen molar-refractivity contribution in [2.45, 2.75) is 32.8 Å². The minimum absolute atomic E-state index is 0.198. The number of nitrogens with one attached hydrogen (secondary N) is 2. The number of urea groups is 1. The van der Waals surface area contributed by atoms with Crippen molar-refractivity contribution in [3.05, 3.63) is 20.8 Å². The van der Waals surface area contributed by atoms with Gasteiger partial charge in [0.05, 0.1) is 9.89 Å². The number of thiophene rings is 1. The van der Waals surface area contributed by atoms with Crippen LogP contribution in [0.5, 0.6) is 0 Å². The summed E-state index contributed by atoms with van der Waals surface area (Å²) in [5.41, 5.74) is 0. The van der Waals surface area contributed by atoms with Crippen molar-refractivity contribution in [3.63, 3.8) is 0 Å². The Balaban J connectivity index is 2.14. The first-order chi connectivity index (χ1) is 9.02. The molecule has 0 aromatic carbocycles. The van der Waals surface area contributed by atoms with Crippen LogP contribution < -0.4 is 10.6 Å². The highest BCUT2D eigenvalue weighted by Gasteiger charge is 2.12. The Hall–Kier alpha value is -0.590. The maximum Gasteiger partial charge on any atom is 0.314 e. The van der Waals surface area contributed by atoms with Gasteiger partial charge in [-0.2, -0.15) is 0 Å². The van der Waals surface area contributed by atoms with Crippen LogP contribution in [0.2, 0.25) is 0 Å². The highest BCUT2D eigenvalue weighted by Crippen LogP contribution is 2.21. The average Bonchev–Trinajstić information content (AvgIpc) is 2.80. The summed E-state index contributed by atoms with van der Waals surface area (Å²) in [5.74, 6) is 0.198. The van der Waals surface area contributed by atoms with Gasteiger partial charge in [-0.3, -0.25) is 0 Å². The zero-order chi connectivity index (χ0) is 14.3. The Morgan fingerprint density at radius 1 is 1.47 bits per heavy atom. The largest absolute Gasteiger partial charge is 0.391 e. The van der Waals surface area contributed by atoms with Gasteiger partial charge in [-0.05, 0) is 40.4 Å². The molecule has 1 aromatic heterocycles. The molecule has 3 N–H and O–H groups in total. The molecule has 0 aliphatic heterocycles. The van der Waals surface area contributed by atoms with Crippen LogP contribution in [0.15, 0.2) is 15.9 Å². The van der Waals surface area contributed by atoms with E-state index in [-0.39, 0.29) is 11.9 Å². The van der Waals surface area contributed by atoms with Gasteiger partial charge in [-0.1, -0.05) is 20.3 Å². The summed E-state index contributed by atoms with van der Waals surface area (Å²) in [6.45, 7) is 4.88. The summed E-state index contributed by atoms with van der Waals surface area (Å²) in [5, 5.41) is 15.2. The molecule has 1 aromatic rings. The predicted molar refractivity (Wildman–Crippen MR) is 82.6 cm³/mol. The van der Waals surface area contributed by atoms with E-state index in [4.69, 9.17) is 0 Å². The molecule has 1 rings (SSSR count). The summed E-state index contributed by atoms with van der Waals surface area (Å²) >= 11 is 5.07. The third-order valence-electron chi connectivity index (χ3n) is 3.06. The predicted octanol–water partition coefficient (Wildman–Crippen LogP) is 2.76. The van der Waals surface area contributed by atoms with Gasteiger partial charge in [-0.25, -0.2) is 4.79 Å². The number of hydrogen-bond acceptors (Lipinski definition) is 3. The summed E-state index contributed by atoms with van der Waals surface area (Å²) in [4.78, 5) is 12.7. The van der Waals surface area contributed by atoms with E-state index in [1.54, 1.807) is 11.3 Å². The van der Waals surface area contributed by atoms with E-state index in [1.807, 2.05) is 26.0 Å². The van der Waals surface area contributed by atoms with Gasteiger partial charge in [-0.15, -0.1) is 11.3 Å². The number of hydrogen-bond donors (Lipinski definition) is 3. The zero-order valence-corrected chi connectivity index (χ0v) is 13.7. The second-order valence-corrected chi connectivity index (χ2v) is 7.09. The molecule has 2 unspecified atom stereocenters. The molecule has 2 amide bonds. The van der Waals surface area contributed by atoms with Crippen LogP contribution in [0.1, 0.15) is 25.1 Å². The maximum atomic E-state index is 11.5. The fourth-order valence-corrected chi connectivity index (χ4v) is 3.00. The number of carbonyl (C=O) groups excluding carboxylic acids is 1. The summed E-state index contributed by atoms with van der Waals surface area (Å²) < 4.78 is 1.10. The van der Waals surface area contributed by atoms with Crippen LogP contribution in [0, 0.1) is 5.92 Å². The smallest absolute Gasteiger partial charge is 0.314 e. The Morgan fingerprint density at radius 3 is 2.79 bits per heavy atom. The van der Waals surface area contributed by atoms with E-state index in [9.17, 15) is 9.90 Å². The van der Waals surface area contributed by atoms with Gasteiger partial charge in [0, 0.05) is 18.0 Å². The van der Waals surface area contributed by atoms with Gasteiger partial charge >= 0.3 is 6.03 Å². The molecule has 0 spiro atoms. The molecule has 0 aliphatic rings. The lowest BCUT2D eigenvalue weighted by Crippen LogP contribution is -2.41. The quantitative estimate of drug-likeness (QED) is 0.709. The van der Waals surface area contributed by atoms with Crippen LogP contribution in [0.4, 0.5) is 4.79 Å². The van der Waals surface area contributed by atoms with E-state index in [0.717, 1.165) is 16.6 Å². The number of rotatable bonds is 7. The van der Waals surface area contributed by atoms with Crippen molar-refractivity contribution < 1.29 is 9.90 Å². The van der Waals surface area contributed by atoms with E-state index in [2.05, 4.69) is 26.6 Å². The summed E-state index contributed by atoms with van der Waals surface area (Å²) in [6.07, 6.45) is 1.24. The number of aliphatic hydroxyl groups excluding tert-OH is 1. The molecular weight excluding hydrogens is 328 g/mol. The molecule has 0 radical (unpaired) electrons. The van der Waals surface area contributed by atoms with Crippen molar-refractivity contribution in [2.24, 2.45) is 5.92 Å². The van der Waals surface area contributed by atoms with Crippen LogP contribution >= 0.6 is 27.3 Å². The first-order valence-electron chi connectivity index (χ1n) is 6.47. The third kappa shape index (κ3) is 6.40. The second-order valence-electron chi connectivity index (χ2n) is 4.55. The second kappa shape index (κ2) is 8.55. The SMILES string of the molecule is CCC(C)C(O)CNC(=O)NCCc1ccc(Br)s1. The van der Waals surface area contributed by atoms with Gasteiger partial charge in [0.15, 0.2) is 0 Å². The van der Waals surface area contributed by atoms with Crippen LogP contribution in [0.25, 0.3) is 0 Å². The highest BCUT2D eigenvalue weighted by molar-refractivity contribution is 9.11. The molecule has 0 aliphatic carbocycles. The fraction of sp³-hybridized carbons (Fsp3) is 0.615. The van der Waals surface area contributed by atoms with Crippen LogP contribution in [-0.4, -0.2) is 30.3 Å². The lowest BCUT2D eigenvalue weighted by molar-refractivity contribution is 0.114. The third-order valence-corrected chi connectivity index (χ3v) is 4.74. The molecule has 0 bridgehead atoms. The number of halogens is 1. The van der Waals surface area contributed by atoms with E-state index >= 15 is 0 Å². The summed E-state index contributed by atoms with van der Waals surface area (Å²) in [6, 6.07) is 3.82. The van der Waals surface area contributed by atoms with Crippen molar-refractivity contribution >= 4 is 33.3 Å². The molecule has 0 saturated heterocycles. The summed E-state index contributed by atoms with van der Waals surface area (Å²) in [7, 11) is 0. The van der Waals surface area contributed by atoms with Gasteiger partial charge in [0.1, 0.15) is 0 Å². The van der Waals surface area contributed by atoms with Crippen LogP contribution in [-0.2, 0) is 6.42 Å². The molecule has 19 heavy (non-hydrogen) atoms.